The predicted molar refractivity (Wildman–Crippen MR) is 124 cm³/mol. The van der Waals surface area contributed by atoms with Crippen molar-refractivity contribution in [2.24, 2.45) is 0 Å². The molecule has 1 amide bonds. The van der Waals surface area contributed by atoms with Crippen LogP contribution in [0.25, 0.3) is 0 Å². The fourth-order valence-corrected chi connectivity index (χ4v) is 4.30. The number of hydrogen-bond donors (Lipinski definition) is 0. The fourth-order valence-electron chi connectivity index (χ4n) is 4.30. The monoisotopic (exact) mass is 457 g/mol. The second kappa shape index (κ2) is 9.82. The minimum absolute atomic E-state index is 0.0246. The number of ether oxygens (including phenoxy) is 1. The average molecular weight is 458 g/mol. The van der Waals surface area contributed by atoms with Gasteiger partial charge in [-0.25, -0.2) is 9.37 Å². The van der Waals surface area contributed by atoms with E-state index in [1.54, 1.807) is 30.7 Å². The van der Waals surface area contributed by atoms with Gasteiger partial charge in [0.05, 0.1) is 6.54 Å². The Morgan fingerprint density at radius 1 is 1.00 bits per heavy atom. The number of carbonyl (C=O) groups excluding carboxylic acids is 1. The maximum Gasteiger partial charge on any atom is 0.254 e. The molecule has 1 aliphatic rings. The fraction of sp³-hybridized carbons (Fsp3) is 0.231. The minimum atomic E-state index is -0.373. The standard InChI is InChI=1S/C26H24FN5O2/c27-21-6-3-7-22(17-21)34-25-24(28-12-13-29-25)19-9-15-31(16-10-19)26(33)23-8-2-1-5-20(23)18-32-14-4-11-30-32/h1-8,11-14,17,19H,9-10,15-16,18H2. The summed E-state index contributed by atoms with van der Waals surface area (Å²) >= 11 is 0. The second-order valence-corrected chi connectivity index (χ2v) is 8.23. The van der Waals surface area contributed by atoms with Crippen LogP contribution >= 0.6 is 0 Å². The number of nitrogens with zero attached hydrogens (tertiary/aromatic N) is 5. The molecule has 8 heteroatoms. The van der Waals surface area contributed by atoms with Gasteiger partial charge < -0.3 is 9.64 Å². The normalized spacial score (nSPS) is 14.2. The molecule has 2 aromatic carbocycles. The van der Waals surface area contributed by atoms with E-state index in [-0.39, 0.29) is 17.6 Å². The first-order valence-electron chi connectivity index (χ1n) is 11.3. The Balaban J connectivity index is 1.28. The third-order valence-corrected chi connectivity index (χ3v) is 6.01. The van der Waals surface area contributed by atoms with Crippen molar-refractivity contribution < 1.29 is 13.9 Å². The Bertz CT molecular complexity index is 1270. The van der Waals surface area contributed by atoms with Crippen molar-refractivity contribution in [2.45, 2.75) is 25.3 Å². The number of hydrogen-bond acceptors (Lipinski definition) is 5. The van der Waals surface area contributed by atoms with Crippen LogP contribution in [0.15, 0.2) is 79.4 Å². The van der Waals surface area contributed by atoms with Crippen molar-refractivity contribution >= 4 is 5.91 Å². The molecule has 3 heterocycles. The maximum atomic E-state index is 13.6. The largest absolute Gasteiger partial charge is 0.437 e. The van der Waals surface area contributed by atoms with Crippen molar-refractivity contribution in [1.29, 1.82) is 0 Å². The number of halogens is 1. The SMILES string of the molecule is O=C(c1ccccc1Cn1cccn1)N1CCC(c2nccnc2Oc2cccc(F)c2)CC1. The molecule has 34 heavy (non-hydrogen) atoms. The quantitative estimate of drug-likeness (QED) is 0.421. The highest BCUT2D eigenvalue weighted by atomic mass is 19.1. The zero-order valence-electron chi connectivity index (χ0n) is 18.5. The van der Waals surface area contributed by atoms with Crippen molar-refractivity contribution in [3.63, 3.8) is 0 Å². The predicted octanol–water partition coefficient (Wildman–Crippen LogP) is 4.67. The average Bonchev–Trinajstić information content (AvgIpc) is 3.38. The second-order valence-electron chi connectivity index (χ2n) is 8.23. The van der Waals surface area contributed by atoms with Crippen LogP contribution in [-0.4, -0.2) is 43.6 Å². The van der Waals surface area contributed by atoms with Gasteiger partial charge in [0.15, 0.2) is 0 Å². The molecule has 0 atom stereocenters. The number of likely N-dealkylation sites (tertiary alicyclic amines) is 1. The Hall–Kier alpha value is -4.07. The van der Waals surface area contributed by atoms with Gasteiger partial charge in [0.1, 0.15) is 17.3 Å². The van der Waals surface area contributed by atoms with Gasteiger partial charge in [-0.05, 0) is 42.7 Å². The molecule has 2 aromatic heterocycles. The van der Waals surface area contributed by atoms with Crippen LogP contribution in [0.5, 0.6) is 11.6 Å². The first-order valence-corrected chi connectivity index (χ1v) is 11.3. The molecule has 172 valence electrons. The van der Waals surface area contributed by atoms with Crippen LogP contribution < -0.4 is 4.74 Å². The first kappa shape index (κ1) is 21.8. The Labute approximate surface area is 196 Å². The molecule has 1 aliphatic heterocycles. The molecule has 0 bridgehead atoms. The van der Waals surface area contributed by atoms with Crippen LogP contribution in [0.3, 0.4) is 0 Å². The number of aromatic nitrogens is 4. The summed E-state index contributed by atoms with van der Waals surface area (Å²) in [5.41, 5.74) is 2.38. The third kappa shape index (κ3) is 4.80. The van der Waals surface area contributed by atoms with Crippen LogP contribution in [0.1, 0.15) is 40.4 Å². The summed E-state index contributed by atoms with van der Waals surface area (Å²) in [5, 5.41) is 4.26. The van der Waals surface area contributed by atoms with Crippen LogP contribution in [-0.2, 0) is 6.54 Å². The van der Waals surface area contributed by atoms with Crippen molar-refractivity contribution in [3.05, 3.63) is 102 Å². The molecular weight excluding hydrogens is 433 g/mol. The minimum Gasteiger partial charge on any atom is -0.437 e. The van der Waals surface area contributed by atoms with Gasteiger partial charge in [0, 0.05) is 55.4 Å². The number of piperidine rings is 1. The van der Waals surface area contributed by atoms with Gasteiger partial charge in [0.2, 0.25) is 5.88 Å². The molecule has 0 unspecified atom stereocenters. The van der Waals surface area contributed by atoms with E-state index in [1.807, 2.05) is 46.1 Å². The molecule has 0 spiro atoms. The highest BCUT2D eigenvalue weighted by Crippen LogP contribution is 2.34. The number of benzene rings is 2. The molecule has 0 saturated carbocycles. The molecule has 0 N–H and O–H groups in total. The summed E-state index contributed by atoms with van der Waals surface area (Å²) < 4.78 is 21.2. The summed E-state index contributed by atoms with van der Waals surface area (Å²) in [6, 6.07) is 15.5. The maximum absolute atomic E-state index is 13.6. The summed E-state index contributed by atoms with van der Waals surface area (Å²) in [6.07, 6.45) is 8.30. The molecule has 0 radical (unpaired) electrons. The molecule has 5 rings (SSSR count). The Morgan fingerprint density at radius 3 is 2.62 bits per heavy atom. The zero-order chi connectivity index (χ0) is 23.3. The lowest BCUT2D eigenvalue weighted by Crippen LogP contribution is -2.38. The van der Waals surface area contributed by atoms with Crippen LogP contribution in [0.2, 0.25) is 0 Å². The Kier molecular flexibility index (Phi) is 6.29. The van der Waals surface area contributed by atoms with Gasteiger partial charge in [-0.3, -0.25) is 14.5 Å². The lowest BCUT2D eigenvalue weighted by atomic mass is 9.92. The molecule has 1 fully saturated rings. The van der Waals surface area contributed by atoms with Gasteiger partial charge in [-0.1, -0.05) is 24.3 Å². The lowest BCUT2D eigenvalue weighted by Gasteiger charge is -2.32. The van der Waals surface area contributed by atoms with E-state index in [0.717, 1.165) is 24.1 Å². The third-order valence-electron chi connectivity index (χ3n) is 6.01. The highest BCUT2D eigenvalue weighted by Gasteiger charge is 2.28. The van der Waals surface area contributed by atoms with Gasteiger partial charge in [-0.15, -0.1) is 0 Å². The Morgan fingerprint density at radius 2 is 1.82 bits per heavy atom. The summed E-state index contributed by atoms with van der Waals surface area (Å²) in [5.74, 6) is 0.505. The highest BCUT2D eigenvalue weighted by molar-refractivity contribution is 5.95. The van der Waals surface area contributed by atoms with E-state index in [4.69, 9.17) is 4.74 Å². The first-order chi connectivity index (χ1) is 16.7. The smallest absolute Gasteiger partial charge is 0.254 e. The molecule has 0 aliphatic carbocycles. The van der Waals surface area contributed by atoms with Crippen molar-refractivity contribution in [2.75, 3.05) is 13.1 Å². The molecule has 7 nitrogen and oxygen atoms in total. The van der Waals surface area contributed by atoms with Gasteiger partial charge in [0.25, 0.3) is 5.91 Å². The van der Waals surface area contributed by atoms with Gasteiger partial charge >= 0.3 is 0 Å². The molecule has 1 saturated heterocycles. The summed E-state index contributed by atoms with van der Waals surface area (Å²) in [6.45, 7) is 1.76. The number of carbonyl (C=O) groups is 1. The van der Waals surface area contributed by atoms with E-state index >= 15 is 0 Å². The van der Waals surface area contributed by atoms with E-state index < -0.39 is 0 Å². The van der Waals surface area contributed by atoms with Gasteiger partial charge in [-0.2, -0.15) is 5.10 Å². The summed E-state index contributed by atoms with van der Waals surface area (Å²) in [4.78, 5) is 24.1. The summed E-state index contributed by atoms with van der Waals surface area (Å²) in [7, 11) is 0. The van der Waals surface area contributed by atoms with Crippen molar-refractivity contribution in [1.82, 2.24) is 24.6 Å². The number of amides is 1. The molecule has 4 aromatic rings. The topological polar surface area (TPSA) is 73.1 Å². The van der Waals surface area contributed by atoms with Crippen molar-refractivity contribution in [3.8, 4) is 11.6 Å². The van der Waals surface area contributed by atoms with Crippen LogP contribution in [0.4, 0.5) is 4.39 Å². The van der Waals surface area contributed by atoms with E-state index in [1.165, 1.54) is 12.1 Å². The lowest BCUT2D eigenvalue weighted by molar-refractivity contribution is 0.0710. The van der Waals surface area contributed by atoms with E-state index in [9.17, 15) is 9.18 Å². The zero-order valence-corrected chi connectivity index (χ0v) is 18.5. The van der Waals surface area contributed by atoms with E-state index in [2.05, 4.69) is 15.1 Å². The molecular formula is C26H24FN5O2. The van der Waals surface area contributed by atoms with E-state index in [0.29, 0.717) is 36.8 Å². The number of rotatable bonds is 6. The van der Waals surface area contributed by atoms with Crippen LogP contribution in [0, 0.1) is 5.82 Å².